The molecule has 1 aliphatic rings. The van der Waals surface area contributed by atoms with Crippen LogP contribution in [0.15, 0.2) is 18.3 Å². The summed E-state index contributed by atoms with van der Waals surface area (Å²) in [7, 11) is 0. The van der Waals surface area contributed by atoms with E-state index in [0.29, 0.717) is 5.56 Å². The van der Waals surface area contributed by atoms with E-state index < -0.39 is 5.91 Å². The Hall–Kier alpha value is -2.02. The molecule has 0 saturated heterocycles. The molecule has 0 bridgehead atoms. The van der Waals surface area contributed by atoms with Gasteiger partial charge in [-0.15, -0.1) is 0 Å². The fraction of sp³-hybridized carbons (Fsp3) is 0.333. The summed E-state index contributed by atoms with van der Waals surface area (Å²) < 4.78 is 0. The van der Waals surface area contributed by atoms with Gasteiger partial charge in [0.25, 0.3) is 5.91 Å². The van der Waals surface area contributed by atoms with Gasteiger partial charge >= 0.3 is 0 Å². The molecule has 100 valence electrons. The van der Waals surface area contributed by atoms with Gasteiger partial charge in [-0.05, 0) is 25.0 Å². The minimum atomic E-state index is -0.402. The molecule has 2 amide bonds. The number of carbonyl (C=O) groups is 2. The number of pyridine rings is 1. The predicted octanol–water partition coefficient (Wildman–Crippen LogP) is -0.276. The van der Waals surface area contributed by atoms with Gasteiger partial charge in [0, 0.05) is 17.8 Å². The summed E-state index contributed by atoms with van der Waals surface area (Å²) in [6.07, 6.45) is 3.46. The van der Waals surface area contributed by atoms with Crippen LogP contribution in [-0.2, 0) is 4.79 Å². The Balaban J connectivity index is 1.84. The molecule has 1 aliphatic carbocycles. The first-order chi connectivity index (χ1) is 9.06. The molecule has 1 heterocycles. The molecule has 0 spiro atoms. The second-order valence-corrected chi connectivity index (χ2v) is 4.76. The van der Waals surface area contributed by atoms with Crippen LogP contribution in [0.4, 0.5) is 0 Å². The first-order valence-corrected chi connectivity index (χ1v) is 6.30. The number of nitrogens with one attached hydrogen (secondary N) is 2. The number of aromatic nitrogens is 1. The number of nitrogens with two attached hydrogens (primary N) is 1. The van der Waals surface area contributed by atoms with E-state index >= 15 is 0 Å². The molecular weight excluding hydrogens is 264 g/mol. The van der Waals surface area contributed by atoms with Crippen LogP contribution in [0.2, 0.25) is 0 Å². The second kappa shape index (κ2) is 5.75. The lowest BCUT2D eigenvalue weighted by Crippen LogP contribution is -2.38. The highest BCUT2D eigenvalue weighted by atomic mass is 32.1. The highest BCUT2D eigenvalue weighted by molar-refractivity contribution is 7.80. The smallest absolute Gasteiger partial charge is 0.270 e. The summed E-state index contributed by atoms with van der Waals surface area (Å²) in [5.41, 5.74) is 6.25. The normalized spacial score (nSPS) is 13.7. The zero-order valence-electron chi connectivity index (χ0n) is 10.2. The van der Waals surface area contributed by atoms with Crippen molar-refractivity contribution in [2.24, 2.45) is 5.73 Å². The van der Waals surface area contributed by atoms with Crippen molar-refractivity contribution in [3.8, 4) is 0 Å². The molecule has 0 unspecified atom stereocenters. The Labute approximate surface area is 115 Å². The first kappa shape index (κ1) is 13.4. The van der Waals surface area contributed by atoms with Gasteiger partial charge in [-0.2, -0.15) is 0 Å². The maximum absolute atomic E-state index is 11.7. The van der Waals surface area contributed by atoms with Crippen molar-refractivity contribution < 1.29 is 9.59 Å². The van der Waals surface area contributed by atoms with Crippen molar-refractivity contribution in [2.75, 3.05) is 6.54 Å². The highest BCUT2D eigenvalue weighted by Crippen LogP contribution is 2.18. The van der Waals surface area contributed by atoms with Crippen molar-refractivity contribution in [3.63, 3.8) is 0 Å². The van der Waals surface area contributed by atoms with Gasteiger partial charge in [-0.25, -0.2) is 0 Å². The molecular formula is C12H14N4O2S. The molecule has 0 atom stereocenters. The molecule has 1 aromatic heterocycles. The lowest BCUT2D eigenvalue weighted by atomic mass is 10.2. The van der Waals surface area contributed by atoms with Gasteiger partial charge < -0.3 is 16.4 Å². The zero-order valence-corrected chi connectivity index (χ0v) is 11.0. The third-order valence-electron chi connectivity index (χ3n) is 2.63. The fourth-order valence-electron chi connectivity index (χ4n) is 1.43. The van der Waals surface area contributed by atoms with Crippen LogP contribution in [-0.4, -0.2) is 34.4 Å². The van der Waals surface area contributed by atoms with Crippen LogP contribution < -0.4 is 16.4 Å². The minimum absolute atomic E-state index is 0.0476. The van der Waals surface area contributed by atoms with Crippen molar-refractivity contribution in [3.05, 3.63) is 29.6 Å². The van der Waals surface area contributed by atoms with E-state index in [1.807, 2.05) is 0 Å². The molecule has 0 aromatic carbocycles. The fourth-order valence-corrected chi connectivity index (χ4v) is 1.55. The molecule has 19 heavy (non-hydrogen) atoms. The Bertz CT molecular complexity index is 511. The van der Waals surface area contributed by atoms with Crippen molar-refractivity contribution >= 4 is 29.0 Å². The van der Waals surface area contributed by atoms with Crippen LogP contribution >= 0.6 is 12.2 Å². The van der Waals surface area contributed by atoms with Crippen LogP contribution in [0.25, 0.3) is 0 Å². The summed E-state index contributed by atoms with van der Waals surface area (Å²) >= 11 is 4.79. The molecule has 1 saturated carbocycles. The second-order valence-electron chi connectivity index (χ2n) is 4.32. The molecule has 1 aromatic rings. The Kier molecular flexibility index (Phi) is 4.06. The summed E-state index contributed by atoms with van der Waals surface area (Å²) in [4.78, 5) is 27.3. The molecule has 2 rings (SSSR count). The Morgan fingerprint density at radius 3 is 2.68 bits per heavy atom. The Morgan fingerprint density at radius 1 is 1.42 bits per heavy atom. The maximum atomic E-state index is 11.7. The summed E-state index contributed by atoms with van der Waals surface area (Å²) in [5.74, 6) is -0.587. The lowest BCUT2D eigenvalue weighted by Gasteiger charge is -2.05. The van der Waals surface area contributed by atoms with E-state index in [1.165, 1.54) is 12.3 Å². The molecule has 6 nitrogen and oxygen atoms in total. The quantitative estimate of drug-likeness (QED) is 0.644. The maximum Gasteiger partial charge on any atom is 0.270 e. The monoisotopic (exact) mass is 278 g/mol. The van der Waals surface area contributed by atoms with Crippen molar-refractivity contribution in [1.82, 2.24) is 15.6 Å². The van der Waals surface area contributed by atoms with Gasteiger partial charge in [-0.3, -0.25) is 14.6 Å². The van der Waals surface area contributed by atoms with Crippen LogP contribution in [0, 0.1) is 0 Å². The number of hydrogen-bond acceptors (Lipinski definition) is 4. The predicted molar refractivity (Wildman–Crippen MR) is 73.6 cm³/mol. The van der Waals surface area contributed by atoms with Crippen LogP contribution in [0.3, 0.4) is 0 Å². The van der Waals surface area contributed by atoms with E-state index in [0.717, 1.165) is 12.8 Å². The van der Waals surface area contributed by atoms with Gasteiger partial charge in [0.05, 0.1) is 6.54 Å². The number of carbonyl (C=O) groups excluding carboxylic acids is 2. The Morgan fingerprint density at radius 2 is 2.16 bits per heavy atom. The van der Waals surface area contributed by atoms with Crippen LogP contribution in [0.5, 0.6) is 0 Å². The average Bonchev–Trinajstić information content (AvgIpc) is 3.20. The molecule has 0 aliphatic heterocycles. The van der Waals surface area contributed by atoms with Crippen LogP contribution in [0.1, 0.15) is 28.9 Å². The zero-order chi connectivity index (χ0) is 13.8. The van der Waals surface area contributed by atoms with Crippen molar-refractivity contribution in [1.29, 1.82) is 0 Å². The summed E-state index contributed by atoms with van der Waals surface area (Å²) in [6.45, 7) is -0.0476. The van der Waals surface area contributed by atoms with E-state index in [4.69, 9.17) is 18.0 Å². The van der Waals surface area contributed by atoms with E-state index in [1.54, 1.807) is 6.07 Å². The third-order valence-corrected chi connectivity index (χ3v) is 2.87. The van der Waals surface area contributed by atoms with E-state index in [2.05, 4.69) is 15.6 Å². The molecule has 0 radical (unpaired) electrons. The topological polar surface area (TPSA) is 97.1 Å². The van der Waals surface area contributed by atoms with E-state index in [-0.39, 0.29) is 29.2 Å². The number of nitrogens with zero attached hydrogens (tertiary/aromatic N) is 1. The molecule has 1 fully saturated rings. The first-order valence-electron chi connectivity index (χ1n) is 5.89. The number of hydrogen-bond donors (Lipinski definition) is 3. The largest absolute Gasteiger partial charge is 0.389 e. The molecule has 7 heteroatoms. The number of thiocarbonyl (C=S) groups is 1. The van der Waals surface area contributed by atoms with Gasteiger partial charge in [0.15, 0.2) is 0 Å². The number of rotatable bonds is 5. The van der Waals surface area contributed by atoms with Gasteiger partial charge in [0.2, 0.25) is 5.91 Å². The van der Waals surface area contributed by atoms with Gasteiger partial charge in [-0.1, -0.05) is 12.2 Å². The lowest BCUT2D eigenvalue weighted by molar-refractivity contribution is -0.120. The summed E-state index contributed by atoms with van der Waals surface area (Å²) in [6, 6.07) is 3.42. The third kappa shape index (κ3) is 3.99. The highest BCUT2D eigenvalue weighted by Gasteiger charge is 2.23. The standard InChI is InChI=1S/C12H14N4O2S/c13-11(19)7-1-4-9(14-5-7)12(18)15-6-10(17)16-8-2-3-8/h1,4-5,8H,2-3,6H2,(H2,13,19)(H,15,18)(H,16,17). The van der Waals surface area contributed by atoms with Gasteiger partial charge in [0.1, 0.15) is 10.7 Å². The number of amides is 2. The molecule has 4 N–H and O–H groups in total. The summed E-state index contributed by atoms with van der Waals surface area (Å²) in [5, 5.41) is 5.28. The van der Waals surface area contributed by atoms with Crippen molar-refractivity contribution in [2.45, 2.75) is 18.9 Å². The minimum Gasteiger partial charge on any atom is -0.389 e. The average molecular weight is 278 g/mol. The van der Waals surface area contributed by atoms with E-state index in [9.17, 15) is 9.59 Å². The SMILES string of the molecule is NC(=S)c1ccc(C(=O)NCC(=O)NC2CC2)nc1.